The summed E-state index contributed by atoms with van der Waals surface area (Å²) in [6.45, 7) is 18.0. The van der Waals surface area contributed by atoms with Gasteiger partial charge in [-0.25, -0.2) is 14.4 Å². The van der Waals surface area contributed by atoms with Crippen molar-refractivity contribution in [3.63, 3.8) is 0 Å². The van der Waals surface area contributed by atoms with Crippen molar-refractivity contribution in [3.05, 3.63) is 0 Å². The van der Waals surface area contributed by atoms with E-state index in [1.165, 1.54) is 7.05 Å². The number of carbonyl (C=O) groups excluding carboxylic acids is 14. The Hall–Kier alpha value is -6.02. The highest BCUT2D eigenvalue weighted by Gasteiger charge is 2.35. The molecule has 0 aliphatic carbocycles. The molecule has 0 radical (unpaired) electrons. The highest BCUT2D eigenvalue weighted by Crippen LogP contribution is 2.16. The summed E-state index contributed by atoms with van der Waals surface area (Å²) in [4.78, 5) is 165. The zero-order chi connectivity index (χ0) is 54.8. The summed E-state index contributed by atoms with van der Waals surface area (Å²) < 4.78 is 15.2. The molecule has 0 spiro atoms. The summed E-state index contributed by atoms with van der Waals surface area (Å²) in [6.07, 6.45) is 2.68. The van der Waals surface area contributed by atoms with Gasteiger partial charge in [-0.1, -0.05) is 21.8 Å². The van der Waals surface area contributed by atoms with Crippen LogP contribution in [0.3, 0.4) is 0 Å². The van der Waals surface area contributed by atoms with E-state index in [0.717, 1.165) is 0 Å². The number of nitrogens with two attached hydrogens (primary N) is 1. The number of imide groups is 3. The van der Waals surface area contributed by atoms with Gasteiger partial charge in [0.1, 0.15) is 32.6 Å². The van der Waals surface area contributed by atoms with E-state index in [2.05, 4.69) is 20.2 Å². The van der Waals surface area contributed by atoms with Crippen LogP contribution < -0.4 is 5.73 Å². The minimum atomic E-state index is -0.838. The molecule has 0 aromatic heterocycles. The molecule has 0 bridgehead atoms. The molecule has 72 heavy (non-hydrogen) atoms. The molecule has 416 valence electrons. The largest absolute Gasteiger partial charge is 0.394 e. The van der Waals surface area contributed by atoms with Crippen LogP contribution in [0.4, 0.5) is 0 Å². The van der Waals surface area contributed by atoms with Gasteiger partial charge in [-0.3, -0.25) is 43.2 Å². The molecule has 0 unspecified atom stereocenters. The lowest BCUT2D eigenvalue weighted by atomic mass is 10.1. The summed E-state index contributed by atoms with van der Waals surface area (Å²) in [5, 5.41) is 9.53. The van der Waals surface area contributed by atoms with E-state index in [4.69, 9.17) is 28.9 Å². The summed E-state index contributed by atoms with van der Waals surface area (Å²) in [5.41, 5.74) is 4.50. The molecule has 3 saturated heterocycles. The summed E-state index contributed by atoms with van der Waals surface area (Å²) in [7, 11) is 1.50. The van der Waals surface area contributed by atoms with Crippen molar-refractivity contribution in [1.29, 1.82) is 0 Å². The Morgan fingerprint density at radius 3 is 0.931 bits per heavy atom. The van der Waals surface area contributed by atoms with Crippen LogP contribution in [0.5, 0.6) is 0 Å². The summed E-state index contributed by atoms with van der Waals surface area (Å²) >= 11 is 0. The molecule has 0 aromatic rings. The van der Waals surface area contributed by atoms with Gasteiger partial charge in [-0.2, -0.15) is 0 Å². The van der Waals surface area contributed by atoms with Crippen LogP contribution in [0.25, 0.3) is 0 Å². The zero-order valence-electron chi connectivity index (χ0n) is 41.8. The topological polar surface area (TPSA) is 350 Å². The Bertz CT molecular complexity index is 1550. The SMILES string of the molecule is C.C.C=O.C=O.CC(C)OCC(=O)CCCC(=O)ON1C(=O)CCC1=O.CC(C)OCCO.CCC(=O)CCCC(=O)COC(C)C.CN.O=C(CCCC(=O)ON1C(=O)CCC1=O)ON1C(=O)CCC1=O. The van der Waals surface area contributed by atoms with E-state index in [-0.39, 0.29) is 141 Å². The fraction of sp³-hybridized carbons (Fsp3) is 0.702. The predicted molar refractivity (Wildman–Crippen MR) is 257 cm³/mol. The molecule has 3 aliphatic heterocycles. The highest BCUT2D eigenvalue weighted by atomic mass is 16.7. The zero-order valence-corrected chi connectivity index (χ0v) is 41.8. The van der Waals surface area contributed by atoms with Gasteiger partial charge in [0.25, 0.3) is 35.4 Å². The second-order valence-electron chi connectivity index (χ2n) is 15.0. The first-order valence-corrected chi connectivity index (χ1v) is 22.5. The van der Waals surface area contributed by atoms with Crippen molar-refractivity contribution in [2.45, 2.75) is 184 Å². The number of Topliss-reactive ketones (excluding diaryl/α,β-unsaturated/α-hetero) is 3. The lowest BCUT2D eigenvalue weighted by molar-refractivity contribution is -0.199. The molecule has 3 fully saturated rings. The van der Waals surface area contributed by atoms with E-state index in [1.54, 1.807) is 0 Å². The molecular formula is C47H82N4O21. The van der Waals surface area contributed by atoms with Crippen molar-refractivity contribution in [2.24, 2.45) is 5.73 Å². The van der Waals surface area contributed by atoms with E-state index >= 15 is 0 Å². The molecule has 3 aliphatic rings. The van der Waals surface area contributed by atoms with Gasteiger partial charge >= 0.3 is 17.9 Å². The Balaban J connectivity index is -0.000000204. The number of aliphatic hydroxyl groups is 1. The minimum absolute atomic E-state index is 0. The lowest BCUT2D eigenvalue weighted by Crippen LogP contribution is -2.32. The summed E-state index contributed by atoms with van der Waals surface area (Å²) in [5.74, 6) is -5.53. The third-order valence-electron chi connectivity index (χ3n) is 8.20. The van der Waals surface area contributed by atoms with Crippen molar-refractivity contribution in [1.82, 2.24) is 15.2 Å². The number of amides is 6. The van der Waals surface area contributed by atoms with E-state index in [0.29, 0.717) is 53.9 Å². The molecule has 3 N–H and O–H groups in total. The van der Waals surface area contributed by atoms with Gasteiger partial charge in [-0.15, -0.1) is 15.2 Å². The van der Waals surface area contributed by atoms with Crippen molar-refractivity contribution in [3.8, 4) is 0 Å². The van der Waals surface area contributed by atoms with Crippen LogP contribution in [0, 0.1) is 0 Å². The van der Waals surface area contributed by atoms with Crippen LogP contribution >= 0.6 is 0 Å². The maximum absolute atomic E-state index is 11.5. The number of nitrogens with zero attached hydrogens (tertiary/aromatic N) is 3. The van der Waals surface area contributed by atoms with Gasteiger partial charge in [0.15, 0.2) is 11.6 Å². The van der Waals surface area contributed by atoms with E-state index in [1.807, 2.05) is 62.0 Å². The van der Waals surface area contributed by atoms with Crippen LogP contribution in [-0.4, -0.2) is 156 Å². The van der Waals surface area contributed by atoms with Crippen molar-refractivity contribution >= 4 is 84.3 Å². The van der Waals surface area contributed by atoms with Gasteiger partial charge in [-0.05, 0) is 67.9 Å². The standard InChI is InChI=1S/C13H14N2O8.C13H19NO6.C11H20O3.C5H12O2.CH5N.2CH2O.2CH4/c16-8-4-5-9(17)14(8)22-12(20)2-1-3-13(21)23-15-10(18)6-7-11(15)19;1-9(2)19-8-10(15)4-3-5-13(18)20-14-11(16)6-7-12(14)17;1-4-10(12)6-5-7-11(13)8-14-9(2)3;1-5(2)7-4-3-6;3*1-2;;/h1-7H2;9H,3-8H2,1-2H3;9H,4-8H2,1-3H3;5-6H,3-4H2,1-2H3;2H2,1H3;2*1H2;2*1H4. The van der Waals surface area contributed by atoms with Crippen molar-refractivity contribution < 1.29 is 101 Å². The smallest absolute Gasteiger partial charge is 0.333 e. The molecule has 25 nitrogen and oxygen atoms in total. The number of hydrogen-bond acceptors (Lipinski definition) is 22. The number of ether oxygens (including phenoxy) is 3. The van der Waals surface area contributed by atoms with Crippen molar-refractivity contribution in [2.75, 3.05) is 33.5 Å². The predicted octanol–water partition coefficient (Wildman–Crippen LogP) is 3.14. The van der Waals surface area contributed by atoms with E-state index in [9.17, 15) is 57.5 Å². The third kappa shape index (κ3) is 40.7. The molecule has 0 saturated carbocycles. The maximum atomic E-state index is 11.5. The fourth-order valence-corrected chi connectivity index (χ4v) is 4.83. The average Bonchev–Trinajstić information content (AvgIpc) is 3.95. The minimum Gasteiger partial charge on any atom is -0.394 e. The molecule has 3 heterocycles. The van der Waals surface area contributed by atoms with Crippen LogP contribution in [0.15, 0.2) is 0 Å². The number of ketones is 3. The number of hydrogen-bond donors (Lipinski definition) is 2. The number of carbonyl (C=O) groups is 14. The molecular weight excluding hydrogens is 957 g/mol. The van der Waals surface area contributed by atoms with Gasteiger partial charge in [0.05, 0.1) is 31.5 Å². The first kappa shape index (κ1) is 77.4. The second kappa shape index (κ2) is 48.6. The molecule has 0 aromatic carbocycles. The van der Waals surface area contributed by atoms with Crippen LogP contribution in [-0.2, 0) is 95.8 Å². The third-order valence-corrected chi connectivity index (χ3v) is 8.20. The van der Waals surface area contributed by atoms with Gasteiger partial charge in [0.2, 0.25) is 0 Å². The number of hydroxylamine groups is 6. The average molecular weight is 1040 g/mol. The van der Waals surface area contributed by atoms with Crippen LogP contribution in [0.2, 0.25) is 0 Å². The lowest BCUT2D eigenvalue weighted by Gasteiger charge is -2.13. The highest BCUT2D eigenvalue weighted by molar-refractivity contribution is 6.03. The normalized spacial score (nSPS) is 13.2. The Morgan fingerprint density at radius 1 is 0.472 bits per heavy atom. The number of rotatable bonds is 25. The Kier molecular flexibility index (Phi) is 52.3. The molecule has 6 amide bonds. The quantitative estimate of drug-likeness (QED) is 0.124. The van der Waals surface area contributed by atoms with Gasteiger partial charge in [0, 0.05) is 83.5 Å². The molecule has 25 heteroatoms. The monoisotopic (exact) mass is 1040 g/mol. The first-order valence-electron chi connectivity index (χ1n) is 22.5. The maximum Gasteiger partial charge on any atom is 0.333 e. The number of aliphatic hydroxyl groups excluding tert-OH is 1. The Morgan fingerprint density at radius 2 is 0.708 bits per heavy atom. The molecule has 3 rings (SSSR count). The molecule has 0 atom stereocenters. The van der Waals surface area contributed by atoms with E-state index < -0.39 is 53.4 Å². The van der Waals surface area contributed by atoms with Crippen LogP contribution in [0.1, 0.15) is 166 Å². The Labute approximate surface area is 423 Å². The summed E-state index contributed by atoms with van der Waals surface area (Å²) in [6, 6.07) is 0. The first-order chi connectivity index (χ1) is 33.1. The van der Waals surface area contributed by atoms with Gasteiger partial charge < -0.3 is 49.2 Å². The fourth-order valence-electron chi connectivity index (χ4n) is 4.83. The second-order valence-corrected chi connectivity index (χ2v) is 15.0.